The molecule has 108 valence electrons. The highest BCUT2D eigenvalue weighted by Crippen LogP contribution is 2.36. The minimum atomic E-state index is -0.420. The van der Waals surface area contributed by atoms with Crippen LogP contribution in [0.2, 0.25) is 0 Å². The first-order valence-electron chi connectivity index (χ1n) is 6.67. The van der Waals surface area contributed by atoms with Crippen LogP contribution in [-0.2, 0) is 4.79 Å². The Hall–Kier alpha value is -2.08. The summed E-state index contributed by atoms with van der Waals surface area (Å²) >= 11 is 1.43. The number of hydrogen-bond acceptors (Lipinski definition) is 4. The predicted octanol–water partition coefficient (Wildman–Crippen LogP) is 2.64. The Morgan fingerprint density at radius 2 is 2.14 bits per heavy atom. The van der Waals surface area contributed by atoms with Crippen molar-refractivity contribution in [2.24, 2.45) is 0 Å². The molecule has 21 heavy (non-hydrogen) atoms. The van der Waals surface area contributed by atoms with E-state index < -0.39 is 5.25 Å². The third kappa shape index (κ3) is 2.71. The molecule has 3 rings (SSSR count). The van der Waals surface area contributed by atoms with Crippen LogP contribution < -0.4 is 5.32 Å². The molecule has 2 heterocycles. The lowest BCUT2D eigenvalue weighted by Gasteiger charge is -2.23. The first kappa shape index (κ1) is 13.9. The molecule has 0 saturated heterocycles. The molecule has 5 nitrogen and oxygen atoms in total. The quantitative estimate of drug-likeness (QED) is 0.926. The molecule has 1 aliphatic heterocycles. The van der Waals surface area contributed by atoms with E-state index in [-0.39, 0.29) is 18.2 Å². The van der Waals surface area contributed by atoms with E-state index in [0.29, 0.717) is 0 Å². The fourth-order valence-electron chi connectivity index (χ4n) is 2.35. The number of amides is 1. The van der Waals surface area contributed by atoms with Crippen molar-refractivity contribution in [2.75, 3.05) is 5.32 Å². The maximum atomic E-state index is 12.3. The average molecular weight is 301 g/mol. The number of benzene rings is 1. The Bertz CT molecular complexity index is 723. The fraction of sp³-hybridized carbons (Fsp3) is 0.267. The Balaban J connectivity index is 1.78. The summed E-state index contributed by atoms with van der Waals surface area (Å²) in [4.78, 5) is 25.4. The number of hydrogen-bond donors (Lipinski definition) is 1. The molecule has 1 aromatic heterocycles. The first-order chi connectivity index (χ1) is 10.0. The van der Waals surface area contributed by atoms with E-state index in [2.05, 4.69) is 10.4 Å². The van der Waals surface area contributed by atoms with Gasteiger partial charge in [-0.25, -0.2) is 4.68 Å². The molecule has 1 amide bonds. The van der Waals surface area contributed by atoms with Crippen molar-refractivity contribution in [1.29, 1.82) is 0 Å². The van der Waals surface area contributed by atoms with E-state index in [4.69, 9.17) is 0 Å². The van der Waals surface area contributed by atoms with Crippen LogP contribution in [0.4, 0.5) is 5.69 Å². The fourth-order valence-corrected chi connectivity index (χ4v) is 3.46. The summed E-state index contributed by atoms with van der Waals surface area (Å²) < 4.78 is 1.38. The second-order valence-corrected chi connectivity index (χ2v) is 6.27. The molecule has 0 saturated carbocycles. The Morgan fingerprint density at radius 3 is 2.86 bits per heavy atom. The normalized spacial score (nSPS) is 17.2. The second-order valence-electron chi connectivity index (χ2n) is 5.03. The highest BCUT2D eigenvalue weighted by Gasteiger charge is 2.29. The third-order valence-corrected chi connectivity index (χ3v) is 4.59. The van der Waals surface area contributed by atoms with Crippen molar-refractivity contribution < 1.29 is 9.59 Å². The number of anilines is 1. The summed E-state index contributed by atoms with van der Waals surface area (Å²) in [5.41, 5.74) is 2.40. The SMILES string of the molecule is Cc1cc(C)n(C(=O)CC2Sc3ccccc3NC2=O)n1. The summed E-state index contributed by atoms with van der Waals surface area (Å²) in [6.45, 7) is 3.68. The summed E-state index contributed by atoms with van der Waals surface area (Å²) in [6.07, 6.45) is 0.132. The predicted molar refractivity (Wildman–Crippen MR) is 81.7 cm³/mol. The lowest BCUT2D eigenvalue weighted by atomic mass is 10.2. The number of aryl methyl sites for hydroxylation is 2. The molecule has 1 unspecified atom stereocenters. The van der Waals surface area contributed by atoms with Crippen LogP contribution >= 0.6 is 11.8 Å². The van der Waals surface area contributed by atoms with E-state index in [1.54, 1.807) is 0 Å². The summed E-state index contributed by atoms with van der Waals surface area (Å²) in [7, 11) is 0. The molecule has 0 spiro atoms. The van der Waals surface area contributed by atoms with Crippen molar-refractivity contribution in [1.82, 2.24) is 9.78 Å². The van der Waals surface area contributed by atoms with E-state index in [9.17, 15) is 9.59 Å². The number of nitrogens with zero attached hydrogens (tertiary/aromatic N) is 2. The summed E-state index contributed by atoms with van der Waals surface area (Å²) in [5.74, 6) is -0.291. The molecule has 0 radical (unpaired) electrons. The molecule has 2 aromatic rings. The zero-order valence-corrected chi connectivity index (χ0v) is 12.6. The molecule has 0 aliphatic carbocycles. The Morgan fingerprint density at radius 1 is 1.38 bits per heavy atom. The number of thioether (sulfide) groups is 1. The second kappa shape index (κ2) is 5.37. The van der Waals surface area contributed by atoms with Crippen LogP contribution in [0, 0.1) is 13.8 Å². The van der Waals surface area contributed by atoms with Gasteiger partial charge in [0.05, 0.1) is 23.1 Å². The monoisotopic (exact) mass is 301 g/mol. The standard InChI is InChI=1S/C15H15N3O2S/c1-9-7-10(2)18(17-9)14(19)8-13-15(20)16-11-5-3-4-6-12(11)21-13/h3-7,13H,8H2,1-2H3,(H,16,20). The minimum Gasteiger partial charge on any atom is -0.324 e. The minimum absolute atomic E-state index is 0.131. The third-order valence-electron chi connectivity index (χ3n) is 3.31. The number of aromatic nitrogens is 2. The number of carbonyl (C=O) groups is 2. The van der Waals surface area contributed by atoms with Gasteiger partial charge in [0.1, 0.15) is 0 Å². The van der Waals surface area contributed by atoms with E-state index >= 15 is 0 Å². The van der Waals surface area contributed by atoms with Crippen molar-refractivity contribution in [3.63, 3.8) is 0 Å². The molecular formula is C15H15N3O2S. The number of para-hydroxylation sites is 1. The molecule has 1 atom stereocenters. The van der Waals surface area contributed by atoms with Crippen LogP contribution in [0.25, 0.3) is 0 Å². The van der Waals surface area contributed by atoms with Crippen molar-refractivity contribution >= 4 is 29.3 Å². The maximum absolute atomic E-state index is 12.3. The highest BCUT2D eigenvalue weighted by atomic mass is 32.2. The van der Waals surface area contributed by atoms with Gasteiger partial charge in [-0.2, -0.15) is 5.10 Å². The van der Waals surface area contributed by atoms with Gasteiger partial charge in [-0.15, -0.1) is 11.8 Å². The number of rotatable bonds is 2. The zero-order chi connectivity index (χ0) is 15.0. The molecule has 6 heteroatoms. The van der Waals surface area contributed by atoms with Crippen LogP contribution in [0.3, 0.4) is 0 Å². The van der Waals surface area contributed by atoms with Gasteiger partial charge in [0, 0.05) is 10.6 Å². The highest BCUT2D eigenvalue weighted by molar-refractivity contribution is 8.01. The van der Waals surface area contributed by atoms with E-state index in [0.717, 1.165) is 22.0 Å². The first-order valence-corrected chi connectivity index (χ1v) is 7.55. The molecular weight excluding hydrogens is 286 g/mol. The van der Waals surface area contributed by atoms with Gasteiger partial charge < -0.3 is 5.32 Å². The average Bonchev–Trinajstić information content (AvgIpc) is 2.78. The maximum Gasteiger partial charge on any atom is 0.248 e. The van der Waals surface area contributed by atoms with E-state index in [1.807, 2.05) is 44.2 Å². The van der Waals surface area contributed by atoms with Gasteiger partial charge in [0.15, 0.2) is 0 Å². The van der Waals surface area contributed by atoms with Crippen molar-refractivity contribution in [2.45, 2.75) is 30.4 Å². The van der Waals surface area contributed by atoms with Gasteiger partial charge in [-0.3, -0.25) is 9.59 Å². The van der Waals surface area contributed by atoms with Crippen LogP contribution in [0.15, 0.2) is 35.2 Å². The molecule has 0 bridgehead atoms. The van der Waals surface area contributed by atoms with Crippen LogP contribution in [0.5, 0.6) is 0 Å². The van der Waals surface area contributed by atoms with E-state index in [1.165, 1.54) is 16.4 Å². The van der Waals surface area contributed by atoms with Gasteiger partial charge in [0.25, 0.3) is 0 Å². The molecule has 1 N–H and O–H groups in total. The number of fused-ring (bicyclic) bond motifs is 1. The van der Waals surface area contributed by atoms with Gasteiger partial charge in [-0.1, -0.05) is 12.1 Å². The van der Waals surface area contributed by atoms with Crippen molar-refractivity contribution in [3.05, 3.63) is 41.7 Å². The number of carbonyl (C=O) groups excluding carboxylic acids is 2. The Labute approximate surface area is 126 Å². The van der Waals surface area contributed by atoms with Gasteiger partial charge in [0.2, 0.25) is 11.8 Å². The smallest absolute Gasteiger partial charge is 0.248 e. The molecule has 0 fully saturated rings. The van der Waals surface area contributed by atoms with Crippen molar-refractivity contribution in [3.8, 4) is 0 Å². The van der Waals surface area contributed by atoms with Crippen LogP contribution in [0.1, 0.15) is 22.6 Å². The van der Waals surface area contributed by atoms with Crippen LogP contribution in [-0.4, -0.2) is 26.8 Å². The largest absolute Gasteiger partial charge is 0.324 e. The van der Waals surface area contributed by atoms with Gasteiger partial charge >= 0.3 is 0 Å². The Kier molecular flexibility index (Phi) is 3.55. The topological polar surface area (TPSA) is 64.0 Å². The zero-order valence-electron chi connectivity index (χ0n) is 11.8. The lowest BCUT2D eigenvalue weighted by molar-refractivity contribution is -0.115. The number of nitrogens with one attached hydrogen (secondary N) is 1. The lowest BCUT2D eigenvalue weighted by Crippen LogP contribution is -2.32. The summed E-state index contributed by atoms with van der Waals surface area (Å²) in [6, 6.07) is 9.45. The molecule has 1 aromatic carbocycles. The van der Waals surface area contributed by atoms with Gasteiger partial charge in [-0.05, 0) is 32.0 Å². The molecule has 1 aliphatic rings. The summed E-state index contributed by atoms with van der Waals surface area (Å²) in [5, 5.41) is 6.60.